The largest absolute Gasteiger partial charge is 0.493 e. The second-order valence-corrected chi connectivity index (χ2v) is 6.64. The summed E-state index contributed by atoms with van der Waals surface area (Å²) in [6.07, 6.45) is 0. The summed E-state index contributed by atoms with van der Waals surface area (Å²) in [7, 11) is 4.75. The number of carbonyl (C=O) groups is 1. The third-order valence-electron chi connectivity index (χ3n) is 4.47. The van der Waals surface area contributed by atoms with Crippen molar-refractivity contribution < 1.29 is 19.0 Å². The number of ether oxygens (including phenoxy) is 3. The van der Waals surface area contributed by atoms with Crippen molar-refractivity contribution in [1.82, 2.24) is 16.0 Å². The number of aliphatic imine (C=N–C) groups is 1. The maximum atomic E-state index is 12.1. The fraction of sp³-hybridized carbons (Fsp3) is 0.391. The number of hydrogen-bond acceptors (Lipinski definition) is 5. The van der Waals surface area contributed by atoms with Crippen LogP contribution < -0.4 is 30.2 Å². The van der Waals surface area contributed by atoms with E-state index in [2.05, 4.69) is 20.9 Å². The molecule has 176 valence electrons. The monoisotopic (exact) mass is 556 g/mol. The molecule has 8 nitrogen and oxygen atoms in total. The Morgan fingerprint density at radius 2 is 1.53 bits per heavy atom. The lowest BCUT2D eigenvalue weighted by molar-refractivity contribution is 0.0955. The fourth-order valence-electron chi connectivity index (χ4n) is 3.01. The maximum Gasteiger partial charge on any atom is 0.251 e. The highest BCUT2D eigenvalue weighted by Gasteiger charge is 2.13. The molecule has 32 heavy (non-hydrogen) atoms. The van der Waals surface area contributed by atoms with Gasteiger partial charge < -0.3 is 30.2 Å². The highest BCUT2D eigenvalue weighted by molar-refractivity contribution is 14.0. The molecular weight excluding hydrogens is 523 g/mol. The van der Waals surface area contributed by atoms with E-state index in [0.29, 0.717) is 48.4 Å². The topological polar surface area (TPSA) is 93.2 Å². The molecule has 2 aromatic carbocycles. The summed E-state index contributed by atoms with van der Waals surface area (Å²) in [6.45, 7) is 6.18. The third-order valence-corrected chi connectivity index (χ3v) is 4.47. The first-order valence-corrected chi connectivity index (χ1v) is 10.2. The van der Waals surface area contributed by atoms with Crippen molar-refractivity contribution in [3.05, 3.63) is 53.1 Å². The van der Waals surface area contributed by atoms with Gasteiger partial charge in [0, 0.05) is 25.2 Å². The van der Waals surface area contributed by atoms with Crippen molar-refractivity contribution in [3.63, 3.8) is 0 Å². The highest BCUT2D eigenvalue weighted by atomic mass is 127. The molecule has 0 aliphatic heterocycles. The first-order chi connectivity index (χ1) is 15.1. The van der Waals surface area contributed by atoms with Gasteiger partial charge in [-0.3, -0.25) is 4.79 Å². The molecule has 0 aliphatic rings. The lowest BCUT2D eigenvalue weighted by atomic mass is 10.1. The van der Waals surface area contributed by atoms with Crippen LogP contribution in [0.2, 0.25) is 0 Å². The zero-order valence-corrected chi connectivity index (χ0v) is 21.6. The first-order valence-electron chi connectivity index (χ1n) is 10.2. The molecule has 0 aliphatic carbocycles. The van der Waals surface area contributed by atoms with Crippen LogP contribution in [0.15, 0.2) is 41.4 Å². The number of nitrogens with zero attached hydrogens (tertiary/aromatic N) is 1. The number of nitrogens with one attached hydrogen (secondary N) is 3. The third kappa shape index (κ3) is 7.77. The Bertz CT molecular complexity index is 880. The summed E-state index contributed by atoms with van der Waals surface area (Å²) in [5.41, 5.74) is 2.55. The van der Waals surface area contributed by atoms with Crippen LogP contribution >= 0.6 is 24.0 Å². The van der Waals surface area contributed by atoms with Crippen LogP contribution in [0.4, 0.5) is 0 Å². The minimum absolute atomic E-state index is 0. The van der Waals surface area contributed by atoms with Gasteiger partial charge >= 0.3 is 0 Å². The van der Waals surface area contributed by atoms with E-state index in [9.17, 15) is 4.79 Å². The van der Waals surface area contributed by atoms with Crippen LogP contribution in [0.1, 0.15) is 35.3 Å². The number of methoxy groups -OCH3 is 3. The molecule has 0 unspecified atom stereocenters. The number of carbonyl (C=O) groups excluding carboxylic acids is 1. The van der Waals surface area contributed by atoms with Crippen LogP contribution in [0.25, 0.3) is 0 Å². The summed E-state index contributed by atoms with van der Waals surface area (Å²) in [5.74, 6) is 2.32. The molecule has 9 heteroatoms. The van der Waals surface area contributed by atoms with Gasteiger partial charge in [-0.15, -0.1) is 24.0 Å². The Kier molecular flexibility index (Phi) is 12.3. The van der Waals surface area contributed by atoms with Crippen molar-refractivity contribution >= 4 is 35.8 Å². The van der Waals surface area contributed by atoms with Crippen LogP contribution in [0.3, 0.4) is 0 Å². The van der Waals surface area contributed by atoms with Gasteiger partial charge in [0.1, 0.15) is 0 Å². The summed E-state index contributed by atoms with van der Waals surface area (Å²) < 4.78 is 16.2. The van der Waals surface area contributed by atoms with E-state index in [0.717, 1.165) is 17.7 Å². The number of amides is 1. The van der Waals surface area contributed by atoms with Crippen molar-refractivity contribution in [2.45, 2.75) is 26.9 Å². The van der Waals surface area contributed by atoms with Gasteiger partial charge in [-0.05, 0) is 49.2 Å². The van der Waals surface area contributed by atoms with E-state index in [1.54, 1.807) is 27.4 Å². The van der Waals surface area contributed by atoms with E-state index in [1.165, 1.54) is 0 Å². The van der Waals surface area contributed by atoms with Crippen molar-refractivity contribution in [2.75, 3.05) is 34.4 Å². The summed E-state index contributed by atoms with van der Waals surface area (Å²) >= 11 is 0. The van der Waals surface area contributed by atoms with Crippen LogP contribution in [-0.4, -0.2) is 46.3 Å². The molecule has 0 aromatic heterocycles. The second kappa shape index (κ2) is 14.4. The quantitative estimate of drug-likeness (QED) is 0.236. The van der Waals surface area contributed by atoms with Crippen LogP contribution in [0.5, 0.6) is 17.2 Å². The molecule has 0 fully saturated rings. The van der Waals surface area contributed by atoms with Gasteiger partial charge in [-0.25, -0.2) is 4.99 Å². The summed E-state index contributed by atoms with van der Waals surface area (Å²) in [5, 5.41) is 9.35. The molecule has 0 atom stereocenters. The molecular formula is C23H33IN4O4. The Labute approximate surface area is 207 Å². The van der Waals surface area contributed by atoms with E-state index < -0.39 is 0 Å². The first kappa shape index (κ1) is 27.3. The Morgan fingerprint density at radius 1 is 0.875 bits per heavy atom. The van der Waals surface area contributed by atoms with Gasteiger partial charge in [0.2, 0.25) is 5.75 Å². The van der Waals surface area contributed by atoms with Crippen LogP contribution in [0, 0.1) is 0 Å². The lowest BCUT2D eigenvalue weighted by Gasteiger charge is -2.14. The predicted octanol–water partition coefficient (Wildman–Crippen LogP) is 3.34. The van der Waals surface area contributed by atoms with Gasteiger partial charge in [0.05, 0.1) is 27.9 Å². The summed E-state index contributed by atoms with van der Waals surface area (Å²) in [4.78, 5) is 16.7. The molecule has 0 bridgehead atoms. The van der Waals surface area contributed by atoms with Crippen molar-refractivity contribution in [3.8, 4) is 17.2 Å². The van der Waals surface area contributed by atoms with Crippen LogP contribution in [-0.2, 0) is 13.1 Å². The average Bonchev–Trinajstić information content (AvgIpc) is 2.80. The molecule has 2 rings (SSSR count). The van der Waals surface area contributed by atoms with Crippen molar-refractivity contribution in [1.29, 1.82) is 0 Å². The molecule has 0 saturated carbocycles. The standard InChI is InChI=1S/C23H32N4O4.HI/c1-6-24-22(28)18-10-8-9-16(11-18)14-26-23(25-7-2)27-15-17-12-19(29-3)21(31-5)20(13-17)30-4;/h8-13H,6-7,14-15H2,1-5H3,(H,24,28)(H2,25,26,27);1H. The molecule has 1 amide bonds. The number of rotatable bonds is 10. The average molecular weight is 556 g/mol. The van der Waals surface area contributed by atoms with E-state index in [-0.39, 0.29) is 29.9 Å². The number of guanidine groups is 1. The lowest BCUT2D eigenvalue weighted by Crippen LogP contribution is -2.36. The number of hydrogen-bond donors (Lipinski definition) is 3. The van der Waals surface area contributed by atoms with E-state index >= 15 is 0 Å². The fourth-order valence-corrected chi connectivity index (χ4v) is 3.01. The normalized spacial score (nSPS) is 10.6. The van der Waals surface area contributed by atoms with E-state index in [1.807, 2.05) is 44.2 Å². The predicted molar refractivity (Wildman–Crippen MR) is 138 cm³/mol. The molecule has 0 heterocycles. The van der Waals surface area contributed by atoms with Gasteiger partial charge in [0.25, 0.3) is 5.91 Å². The van der Waals surface area contributed by atoms with Gasteiger partial charge in [-0.1, -0.05) is 12.1 Å². The second-order valence-electron chi connectivity index (χ2n) is 6.64. The maximum absolute atomic E-state index is 12.1. The molecule has 0 radical (unpaired) electrons. The molecule has 0 spiro atoms. The Morgan fingerprint density at radius 3 is 2.09 bits per heavy atom. The van der Waals surface area contributed by atoms with Gasteiger partial charge in [0.15, 0.2) is 17.5 Å². The molecule has 3 N–H and O–H groups in total. The molecule has 2 aromatic rings. The highest BCUT2D eigenvalue weighted by Crippen LogP contribution is 2.38. The molecule has 0 saturated heterocycles. The zero-order valence-electron chi connectivity index (χ0n) is 19.3. The van der Waals surface area contributed by atoms with Gasteiger partial charge in [-0.2, -0.15) is 0 Å². The number of halogens is 1. The minimum atomic E-state index is -0.0766. The minimum Gasteiger partial charge on any atom is -0.493 e. The Balaban J connectivity index is 0.00000512. The van der Waals surface area contributed by atoms with E-state index in [4.69, 9.17) is 14.2 Å². The number of benzene rings is 2. The smallest absolute Gasteiger partial charge is 0.251 e. The Hall–Kier alpha value is -2.69. The zero-order chi connectivity index (χ0) is 22.6. The SMILES string of the molecule is CCNC(=O)c1cccc(CNC(=NCc2cc(OC)c(OC)c(OC)c2)NCC)c1.I. The summed E-state index contributed by atoms with van der Waals surface area (Å²) in [6, 6.07) is 11.3. The van der Waals surface area contributed by atoms with Crippen molar-refractivity contribution in [2.24, 2.45) is 4.99 Å².